The summed E-state index contributed by atoms with van der Waals surface area (Å²) in [6.07, 6.45) is -5.73. The van der Waals surface area contributed by atoms with Crippen molar-refractivity contribution in [2.45, 2.75) is 17.6 Å². The Hall–Kier alpha value is -4.19. The van der Waals surface area contributed by atoms with E-state index in [-0.39, 0.29) is 24.8 Å². The van der Waals surface area contributed by atoms with Crippen LogP contribution in [0.15, 0.2) is 77.7 Å². The zero-order chi connectivity index (χ0) is 28.0. The topological polar surface area (TPSA) is 96.4 Å². The standard InChI is InChI=1S/C27H23F3N2O6S/c28-27(29,30)19-4-3-5-21(14-19)38-26(36)31(16-25(34)35)15-18-8-10-20(11-9-18)37-13-12-32-22-6-1-2-7-23(22)39-17-24(32)33/h1-11,14H,12-13,15-17H2,(H,34,35). The summed E-state index contributed by atoms with van der Waals surface area (Å²) < 4.78 is 49.6. The normalized spacial score (nSPS) is 13.0. The fourth-order valence-electron chi connectivity index (χ4n) is 3.81. The van der Waals surface area contributed by atoms with Crippen molar-refractivity contribution in [2.24, 2.45) is 0 Å². The van der Waals surface area contributed by atoms with E-state index in [1.165, 1.54) is 17.8 Å². The molecule has 204 valence electrons. The third-order valence-electron chi connectivity index (χ3n) is 5.64. The number of para-hydroxylation sites is 1. The summed E-state index contributed by atoms with van der Waals surface area (Å²) in [6, 6.07) is 17.9. The number of carboxylic acid groups (broad SMARTS) is 1. The SMILES string of the molecule is O=C(O)CN(Cc1ccc(OCCN2C(=O)CSc3ccccc32)cc1)C(=O)Oc1cccc(C(F)(F)F)c1. The van der Waals surface area contributed by atoms with E-state index in [0.717, 1.165) is 27.6 Å². The largest absolute Gasteiger partial charge is 0.492 e. The third kappa shape index (κ3) is 7.44. The number of halogens is 3. The highest BCUT2D eigenvalue weighted by molar-refractivity contribution is 8.00. The fourth-order valence-corrected chi connectivity index (χ4v) is 4.75. The molecule has 3 aromatic rings. The summed E-state index contributed by atoms with van der Waals surface area (Å²) in [5, 5.41) is 9.21. The van der Waals surface area contributed by atoms with Gasteiger partial charge in [0.2, 0.25) is 5.91 Å². The first-order valence-electron chi connectivity index (χ1n) is 11.7. The van der Waals surface area contributed by atoms with Gasteiger partial charge >= 0.3 is 18.2 Å². The van der Waals surface area contributed by atoms with Crippen LogP contribution in [-0.4, -0.2) is 53.4 Å². The minimum absolute atomic E-state index is 0.00631. The second kappa shape index (κ2) is 12.1. The summed E-state index contributed by atoms with van der Waals surface area (Å²) in [5.41, 5.74) is 0.385. The van der Waals surface area contributed by atoms with Crippen LogP contribution in [0.3, 0.4) is 0 Å². The Bertz CT molecular complexity index is 1350. The smallest absolute Gasteiger partial charge is 0.416 e. The monoisotopic (exact) mass is 560 g/mol. The number of carboxylic acids is 1. The fraction of sp³-hybridized carbons (Fsp3) is 0.222. The van der Waals surface area contributed by atoms with Crippen LogP contribution < -0.4 is 14.4 Å². The summed E-state index contributed by atoms with van der Waals surface area (Å²) in [4.78, 5) is 39.8. The van der Waals surface area contributed by atoms with Crippen molar-refractivity contribution in [1.82, 2.24) is 4.90 Å². The lowest BCUT2D eigenvalue weighted by atomic mass is 10.2. The van der Waals surface area contributed by atoms with E-state index in [9.17, 15) is 32.7 Å². The van der Waals surface area contributed by atoms with Crippen molar-refractivity contribution in [1.29, 1.82) is 0 Å². The molecular weight excluding hydrogens is 537 g/mol. The van der Waals surface area contributed by atoms with Crippen molar-refractivity contribution in [2.75, 3.05) is 30.3 Å². The van der Waals surface area contributed by atoms with Gasteiger partial charge in [0, 0.05) is 11.4 Å². The van der Waals surface area contributed by atoms with Crippen molar-refractivity contribution < 1.29 is 42.1 Å². The van der Waals surface area contributed by atoms with Gasteiger partial charge in [0.1, 0.15) is 24.7 Å². The van der Waals surface area contributed by atoms with Gasteiger partial charge in [0.15, 0.2) is 0 Å². The second-order valence-electron chi connectivity index (χ2n) is 8.44. The maximum absolute atomic E-state index is 12.9. The minimum atomic E-state index is -4.63. The number of thioether (sulfide) groups is 1. The molecule has 0 atom stereocenters. The Kier molecular flexibility index (Phi) is 8.65. The van der Waals surface area contributed by atoms with Gasteiger partial charge in [-0.25, -0.2) is 4.79 Å². The van der Waals surface area contributed by atoms with Gasteiger partial charge < -0.3 is 19.5 Å². The van der Waals surface area contributed by atoms with Crippen LogP contribution in [0.25, 0.3) is 0 Å². The van der Waals surface area contributed by atoms with Crippen LogP contribution >= 0.6 is 11.8 Å². The molecule has 8 nitrogen and oxygen atoms in total. The molecule has 2 amide bonds. The molecule has 0 aromatic heterocycles. The number of aliphatic carboxylic acids is 1. The van der Waals surface area contributed by atoms with Gasteiger partial charge in [-0.3, -0.25) is 14.5 Å². The van der Waals surface area contributed by atoms with Crippen molar-refractivity contribution in [3.05, 3.63) is 83.9 Å². The summed E-state index contributed by atoms with van der Waals surface area (Å²) in [7, 11) is 0. The molecule has 39 heavy (non-hydrogen) atoms. The van der Waals surface area contributed by atoms with Crippen molar-refractivity contribution >= 4 is 35.4 Å². The van der Waals surface area contributed by atoms with Crippen LogP contribution in [0.1, 0.15) is 11.1 Å². The number of carbonyl (C=O) groups is 3. The number of ether oxygens (including phenoxy) is 2. The number of hydrogen-bond donors (Lipinski definition) is 1. The van der Waals surface area contributed by atoms with E-state index < -0.39 is 30.3 Å². The van der Waals surface area contributed by atoms with E-state index in [2.05, 4.69) is 0 Å². The lowest BCUT2D eigenvalue weighted by Crippen LogP contribution is -2.38. The maximum Gasteiger partial charge on any atom is 0.416 e. The minimum Gasteiger partial charge on any atom is -0.492 e. The van der Waals surface area contributed by atoms with Gasteiger partial charge in [-0.15, -0.1) is 11.8 Å². The van der Waals surface area contributed by atoms with Gasteiger partial charge in [-0.1, -0.05) is 30.3 Å². The first kappa shape index (κ1) is 27.8. The quantitative estimate of drug-likeness (QED) is 0.379. The molecule has 0 saturated carbocycles. The first-order chi connectivity index (χ1) is 18.6. The third-order valence-corrected chi connectivity index (χ3v) is 6.69. The predicted molar refractivity (Wildman–Crippen MR) is 137 cm³/mol. The van der Waals surface area contributed by atoms with E-state index >= 15 is 0 Å². The molecule has 1 heterocycles. The van der Waals surface area contributed by atoms with Gasteiger partial charge in [-0.2, -0.15) is 13.2 Å². The number of alkyl halides is 3. The molecule has 1 N–H and O–H groups in total. The highest BCUT2D eigenvalue weighted by Crippen LogP contribution is 2.35. The number of amides is 2. The molecule has 0 unspecified atom stereocenters. The lowest BCUT2D eigenvalue weighted by molar-refractivity contribution is -0.138. The number of nitrogens with zero attached hydrogens (tertiary/aromatic N) is 2. The zero-order valence-electron chi connectivity index (χ0n) is 20.4. The number of carbonyl (C=O) groups excluding carboxylic acids is 2. The number of benzene rings is 3. The molecule has 1 aliphatic heterocycles. The molecular formula is C27H23F3N2O6S. The predicted octanol–water partition coefficient (Wildman–Crippen LogP) is 5.31. The number of rotatable bonds is 9. The average molecular weight is 561 g/mol. The second-order valence-corrected chi connectivity index (χ2v) is 9.45. The Morgan fingerprint density at radius 3 is 2.46 bits per heavy atom. The van der Waals surface area contributed by atoms with Crippen LogP contribution in [0, 0.1) is 0 Å². The first-order valence-corrected chi connectivity index (χ1v) is 12.7. The maximum atomic E-state index is 12.9. The molecule has 4 rings (SSSR count). The van der Waals surface area contributed by atoms with Crippen LogP contribution in [0.4, 0.5) is 23.7 Å². The van der Waals surface area contributed by atoms with Gasteiger partial charge in [0.05, 0.1) is 23.5 Å². The molecule has 0 bridgehead atoms. The molecule has 12 heteroatoms. The molecule has 0 spiro atoms. The van der Waals surface area contributed by atoms with Crippen LogP contribution in [0.5, 0.6) is 11.5 Å². The lowest BCUT2D eigenvalue weighted by Gasteiger charge is -2.28. The van der Waals surface area contributed by atoms with E-state index in [0.29, 0.717) is 29.7 Å². The summed E-state index contributed by atoms with van der Waals surface area (Å²) >= 11 is 1.49. The van der Waals surface area contributed by atoms with Gasteiger partial charge in [-0.05, 0) is 48.0 Å². The number of hydrogen-bond acceptors (Lipinski definition) is 6. The summed E-state index contributed by atoms with van der Waals surface area (Å²) in [6.45, 7) is -0.300. The molecule has 0 aliphatic carbocycles. The Balaban J connectivity index is 1.35. The van der Waals surface area contributed by atoms with Crippen LogP contribution in [0.2, 0.25) is 0 Å². The Morgan fingerprint density at radius 1 is 1.00 bits per heavy atom. The van der Waals surface area contributed by atoms with Gasteiger partial charge in [0.25, 0.3) is 0 Å². The van der Waals surface area contributed by atoms with Crippen molar-refractivity contribution in [3.8, 4) is 11.5 Å². The molecule has 1 aliphatic rings. The van der Waals surface area contributed by atoms with Crippen LogP contribution in [-0.2, 0) is 22.3 Å². The zero-order valence-corrected chi connectivity index (χ0v) is 21.2. The number of anilines is 1. The molecule has 0 fully saturated rings. The highest BCUT2D eigenvalue weighted by atomic mass is 32.2. The summed E-state index contributed by atoms with van der Waals surface area (Å²) in [5.74, 6) is -0.824. The highest BCUT2D eigenvalue weighted by Gasteiger charge is 2.31. The molecule has 3 aromatic carbocycles. The van der Waals surface area contributed by atoms with E-state index in [1.54, 1.807) is 29.2 Å². The average Bonchev–Trinajstić information content (AvgIpc) is 2.90. The van der Waals surface area contributed by atoms with E-state index in [1.807, 2.05) is 24.3 Å². The Morgan fingerprint density at radius 2 is 1.74 bits per heavy atom. The Labute approximate surface area is 225 Å². The molecule has 0 radical (unpaired) electrons. The van der Waals surface area contributed by atoms with E-state index in [4.69, 9.17) is 9.47 Å². The van der Waals surface area contributed by atoms with Crippen molar-refractivity contribution in [3.63, 3.8) is 0 Å². The number of fused-ring (bicyclic) bond motifs is 1. The molecule has 0 saturated heterocycles.